The van der Waals surface area contributed by atoms with Crippen LogP contribution in [0.2, 0.25) is 0 Å². The van der Waals surface area contributed by atoms with Crippen LogP contribution in [0.5, 0.6) is 0 Å². The Bertz CT molecular complexity index is 301. The Morgan fingerprint density at radius 1 is 1.31 bits per heavy atom. The molecule has 1 aliphatic heterocycles. The number of nitrogens with zero attached hydrogens (tertiary/aromatic N) is 3. The third-order valence-corrected chi connectivity index (χ3v) is 3.13. The van der Waals surface area contributed by atoms with Crippen LogP contribution in [-0.2, 0) is 0 Å². The Morgan fingerprint density at radius 3 is 2.69 bits per heavy atom. The number of aromatic nitrogens is 2. The van der Waals surface area contributed by atoms with Crippen LogP contribution in [0.4, 0.5) is 5.82 Å². The second-order valence-corrected chi connectivity index (χ2v) is 3.87. The number of anilines is 1. The number of hydrogen-bond donors (Lipinski definition) is 1. The Morgan fingerprint density at radius 2 is 2.08 bits per heavy atom. The van der Waals surface area contributed by atoms with Crippen LogP contribution in [0.15, 0.2) is 18.6 Å². The molecule has 1 aromatic heterocycles. The second kappa shape index (κ2) is 2.42. The molecule has 4 heteroatoms. The third-order valence-electron chi connectivity index (χ3n) is 3.13. The SMILES string of the molecule is NC1C2CN(c3cnccn3)CC12. The van der Waals surface area contributed by atoms with Gasteiger partial charge in [0.15, 0.2) is 0 Å². The van der Waals surface area contributed by atoms with Crippen LogP contribution >= 0.6 is 0 Å². The molecule has 2 fully saturated rings. The summed E-state index contributed by atoms with van der Waals surface area (Å²) in [6, 6.07) is 0.452. The van der Waals surface area contributed by atoms with Gasteiger partial charge < -0.3 is 10.6 Å². The largest absolute Gasteiger partial charge is 0.355 e. The number of fused-ring (bicyclic) bond motifs is 1. The van der Waals surface area contributed by atoms with Gasteiger partial charge in [-0.1, -0.05) is 0 Å². The molecule has 2 heterocycles. The fourth-order valence-corrected chi connectivity index (χ4v) is 2.21. The molecule has 4 nitrogen and oxygen atoms in total. The predicted molar refractivity (Wildman–Crippen MR) is 49.2 cm³/mol. The first-order valence-corrected chi connectivity index (χ1v) is 4.63. The molecule has 1 aromatic rings. The summed E-state index contributed by atoms with van der Waals surface area (Å²) in [6.07, 6.45) is 5.25. The molecule has 1 aliphatic carbocycles. The van der Waals surface area contributed by atoms with Gasteiger partial charge in [0.25, 0.3) is 0 Å². The Hall–Kier alpha value is -1.16. The van der Waals surface area contributed by atoms with E-state index in [0.29, 0.717) is 17.9 Å². The predicted octanol–water partition coefficient (Wildman–Crippen LogP) is -0.130. The number of nitrogens with two attached hydrogens (primary N) is 1. The molecule has 3 rings (SSSR count). The van der Waals surface area contributed by atoms with E-state index in [1.807, 2.05) is 6.20 Å². The van der Waals surface area contributed by atoms with Gasteiger partial charge in [0, 0.05) is 31.5 Å². The lowest BCUT2D eigenvalue weighted by molar-refractivity contribution is 0.733. The van der Waals surface area contributed by atoms with Gasteiger partial charge in [-0.15, -0.1) is 0 Å². The standard InChI is InChI=1S/C9H12N4/c10-9-6-4-13(5-7(6)9)8-3-11-1-2-12-8/h1-3,6-7,9H,4-5,10H2. The maximum Gasteiger partial charge on any atom is 0.147 e. The van der Waals surface area contributed by atoms with Crippen molar-refractivity contribution in [2.24, 2.45) is 17.6 Å². The van der Waals surface area contributed by atoms with Gasteiger partial charge in [-0.3, -0.25) is 4.98 Å². The average molecular weight is 176 g/mol. The summed E-state index contributed by atoms with van der Waals surface area (Å²) in [4.78, 5) is 10.6. The normalized spacial score (nSPS) is 36.1. The quantitative estimate of drug-likeness (QED) is 0.647. The highest BCUT2D eigenvalue weighted by atomic mass is 15.2. The molecule has 2 aliphatic rings. The maximum absolute atomic E-state index is 5.85. The summed E-state index contributed by atoms with van der Waals surface area (Å²) in [6.45, 7) is 2.12. The van der Waals surface area contributed by atoms with E-state index in [-0.39, 0.29) is 0 Å². The van der Waals surface area contributed by atoms with Crippen molar-refractivity contribution >= 4 is 5.82 Å². The van der Waals surface area contributed by atoms with Gasteiger partial charge in [0.1, 0.15) is 5.82 Å². The zero-order chi connectivity index (χ0) is 8.84. The van der Waals surface area contributed by atoms with E-state index in [4.69, 9.17) is 5.73 Å². The minimum Gasteiger partial charge on any atom is -0.355 e. The molecule has 13 heavy (non-hydrogen) atoms. The molecule has 0 bridgehead atoms. The summed E-state index contributed by atoms with van der Waals surface area (Å²) in [5.41, 5.74) is 5.85. The molecule has 0 aromatic carbocycles. The molecule has 2 unspecified atom stereocenters. The van der Waals surface area contributed by atoms with Crippen molar-refractivity contribution in [3.63, 3.8) is 0 Å². The van der Waals surface area contributed by atoms with Gasteiger partial charge in [0.05, 0.1) is 6.20 Å². The van der Waals surface area contributed by atoms with E-state index >= 15 is 0 Å². The van der Waals surface area contributed by atoms with Crippen molar-refractivity contribution in [1.29, 1.82) is 0 Å². The molecule has 1 saturated carbocycles. The minimum atomic E-state index is 0.452. The van der Waals surface area contributed by atoms with Crippen molar-refractivity contribution in [2.45, 2.75) is 6.04 Å². The van der Waals surface area contributed by atoms with Crippen molar-refractivity contribution in [3.8, 4) is 0 Å². The van der Waals surface area contributed by atoms with Gasteiger partial charge in [-0.25, -0.2) is 4.98 Å². The van der Waals surface area contributed by atoms with Crippen LogP contribution in [0, 0.1) is 11.8 Å². The Balaban J connectivity index is 1.76. The monoisotopic (exact) mass is 176 g/mol. The topological polar surface area (TPSA) is 55.0 Å². The summed E-state index contributed by atoms with van der Waals surface area (Å²) in [5.74, 6) is 2.41. The third kappa shape index (κ3) is 1.02. The van der Waals surface area contributed by atoms with E-state index in [1.165, 1.54) is 0 Å². The average Bonchev–Trinajstić information content (AvgIpc) is 2.67. The van der Waals surface area contributed by atoms with Gasteiger partial charge in [-0.2, -0.15) is 0 Å². The van der Waals surface area contributed by atoms with Crippen LogP contribution in [0.25, 0.3) is 0 Å². The van der Waals surface area contributed by atoms with Crippen molar-refractivity contribution in [2.75, 3.05) is 18.0 Å². The fourth-order valence-electron chi connectivity index (χ4n) is 2.21. The van der Waals surface area contributed by atoms with Gasteiger partial charge in [0.2, 0.25) is 0 Å². The molecular weight excluding hydrogens is 164 g/mol. The van der Waals surface area contributed by atoms with Crippen molar-refractivity contribution in [1.82, 2.24) is 9.97 Å². The summed E-state index contributed by atoms with van der Waals surface area (Å²) >= 11 is 0. The first-order valence-electron chi connectivity index (χ1n) is 4.63. The van der Waals surface area contributed by atoms with E-state index in [9.17, 15) is 0 Å². The lowest BCUT2D eigenvalue weighted by atomic mass is 10.4. The van der Waals surface area contributed by atoms with Gasteiger partial charge in [-0.05, 0) is 11.8 Å². The fraction of sp³-hybridized carbons (Fsp3) is 0.556. The summed E-state index contributed by atoms with van der Waals surface area (Å²) in [7, 11) is 0. The Labute approximate surface area is 76.8 Å². The van der Waals surface area contributed by atoms with Crippen molar-refractivity contribution in [3.05, 3.63) is 18.6 Å². The zero-order valence-corrected chi connectivity index (χ0v) is 7.30. The van der Waals surface area contributed by atoms with Crippen LogP contribution < -0.4 is 10.6 Å². The summed E-state index contributed by atoms with van der Waals surface area (Å²) < 4.78 is 0. The van der Waals surface area contributed by atoms with E-state index in [0.717, 1.165) is 18.9 Å². The highest BCUT2D eigenvalue weighted by Crippen LogP contribution is 2.44. The molecule has 2 atom stereocenters. The molecule has 0 radical (unpaired) electrons. The second-order valence-electron chi connectivity index (χ2n) is 3.87. The zero-order valence-electron chi connectivity index (χ0n) is 7.30. The van der Waals surface area contributed by atoms with E-state index in [2.05, 4.69) is 14.9 Å². The minimum absolute atomic E-state index is 0.452. The molecule has 1 saturated heterocycles. The molecule has 2 N–H and O–H groups in total. The number of hydrogen-bond acceptors (Lipinski definition) is 4. The highest BCUT2D eigenvalue weighted by molar-refractivity contribution is 5.40. The number of piperidine rings is 1. The van der Waals surface area contributed by atoms with E-state index < -0.39 is 0 Å². The van der Waals surface area contributed by atoms with Crippen molar-refractivity contribution < 1.29 is 0 Å². The lowest BCUT2D eigenvalue weighted by Gasteiger charge is -2.18. The smallest absolute Gasteiger partial charge is 0.147 e. The molecular formula is C9H12N4. The molecule has 0 spiro atoms. The summed E-state index contributed by atoms with van der Waals surface area (Å²) in [5, 5.41) is 0. The first kappa shape index (κ1) is 7.26. The molecule has 68 valence electrons. The van der Waals surface area contributed by atoms with Crippen LogP contribution in [0.1, 0.15) is 0 Å². The van der Waals surface area contributed by atoms with Gasteiger partial charge >= 0.3 is 0 Å². The Kier molecular flexibility index (Phi) is 1.35. The first-order chi connectivity index (χ1) is 6.36. The van der Waals surface area contributed by atoms with Crippen LogP contribution in [-0.4, -0.2) is 29.1 Å². The van der Waals surface area contributed by atoms with E-state index in [1.54, 1.807) is 12.4 Å². The number of rotatable bonds is 1. The highest BCUT2D eigenvalue weighted by Gasteiger charge is 2.53. The van der Waals surface area contributed by atoms with Crippen LogP contribution in [0.3, 0.4) is 0 Å². The maximum atomic E-state index is 5.85. The lowest BCUT2D eigenvalue weighted by Crippen LogP contribution is -2.28. The molecule has 0 amide bonds.